The summed E-state index contributed by atoms with van der Waals surface area (Å²) in [6.45, 7) is 8.06. The third kappa shape index (κ3) is 5.19. The van der Waals surface area contributed by atoms with E-state index in [9.17, 15) is 4.79 Å². The zero-order chi connectivity index (χ0) is 21.9. The van der Waals surface area contributed by atoms with Crippen LogP contribution in [0, 0.1) is 12.8 Å². The number of fused-ring (bicyclic) bond motifs is 1. The molecular weight excluding hydrogens is 402 g/mol. The second kappa shape index (κ2) is 8.88. The molecular formula is C23H26ClN3O3. The van der Waals surface area contributed by atoms with E-state index < -0.39 is 11.7 Å². The molecule has 3 aromatic rings. The van der Waals surface area contributed by atoms with Gasteiger partial charge in [-0.15, -0.1) is 0 Å². The number of carbonyl (C=O) groups is 1. The van der Waals surface area contributed by atoms with Gasteiger partial charge >= 0.3 is 6.09 Å². The number of benzene rings is 1. The predicted molar refractivity (Wildman–Crippen MR) is 119 cm³/mol. The van der Waals surface area contributed by atoms with E-state index in [1.165, 1.54) is 0 Å². The number of hydrogen-bond donors (Lipinski definition) is 1. The Morgan fingerprint density at radius 1 is 1.23 bits per heavy atom. The van der Waals surface area contributed by atoms with Gasteiger partial charge in [0.2, 0.25) is 0 Å². The fraction of sp³-hybridized carbons (Fsp3) is 0.348. The Morgan fingerprint density at radius 3 is 2.67 bits per heavy atom. The molecule has 2 heterocycles. The van der Waals surface area contributed by atoms with Crippen LogP contribution in [0.3, 0.4) is 0 Å². The molecule has 1 atom stereocenters. The lowest BCUT2D eigenvalue weighted by Gasteiger charge is -2.30. The van der Waals surface area contributed by atoms with E-state index >= 15 is 0 Å². The molecule has 3 rings (SSSR count). The number of aryl methyl sites for hydroxylation is 1. The Bertz CT molecular complexity index is 1070. The van der Waals surface area contributed by atoms with Crippen molar-refractivity contribution in [1.29, 1.82) is 0 Å². The van der Waals surface area contributed by atoms with Crippen molar-refractivity contribution in [3.63, 3.8) is 0 Å². The van der Waals surface area contributed by atoms with Gasteiger partial charge in [-0.1, -0.05) is 25.4 Å². The second-order valence-corrected chi connectivity index (χ2v) is 8.55. The SMILES string of the molecule is Cc1cc(-c2ccnc3ccc(Cl)cc23)ncc1OC[C@](C)(CC(C)C)OC(N)=O. The maximum atomic E-state index is 11.3. The van der Waals surface area contributed by atoms with Crippen molar-refractivity contribution in [3.8, 4) is 17.0 Å². The Labute approximate surface area is 181 Å². The summed E-state index contributed by atoms with van der Waals surface area (Å²) in [5.41, 5.74) is 7.94. The number of amides is 1. The quantitative estimate of drug-likeness (QED) is 0.535. The number of primary amides is 1. The highest BCUT2D eigenvalue weighted by Crippen LogP contribution is 2.31. The van der Waals surface area contributed by atoms with Gasteiger partial charge in [-0.2, -0.15) is 0 Å². The van der Waals surface area contributed by atoms with Gasteiger partial charge in [0.25, 0.3) is 0 Å². The van der Waals surface area contributed by atoms with E-state index in [0.29, 0.717) is 23.1 Å². The molecule has 0 unspecified atom stereocenters. The van der Waals surface area contributed by atoms with Crippen LogP contribution in [0.1, 0.15) is 32.8 Å². The number of pyridine rings is 2. The molecule has 0 spiro atoms. The lowest BCUT2D eigenvalue weighted by atomic mass is 9.95. The molecule has 30 heavy (non-hydrogen) atoms. The third-order valence-electron chi connectivity index (χ3n) is 4.76. The molecule has 2 aromatic heterocycles. The number of aromatic nitrogens is 2. The molecule has 0 radical (unpaired) electrons. The van der Waals surface area contributed by atoms with Gasteiger partial charge in [0.1, 0.15) is 18.0 Å². The van der Waals surface area contributed by atoms with Crippen LogP contribution in [0.4, 0.5) is 4.79 Å². The molecule has 0 saturated carbocycles. The van der Waals surface area contributed by atoms with Gasteiger partial charge in [0.15, 0.2) is 0 Å². The van der Waals surface area contributed by atoms with Crippen molar-refractivity contribution >= 4 is 28.6 Å². The Kier molecular flexibility index (Phi) is 6.46. The first kappa shape index (κ1) is 21.8. The lowest BCUT2D eigenvalue weighted by molar-refractivity contribution is -0.0188. The highest BCUT2D eigenvalue weighted by Gasteiger charge is 2.30. The monoisotopic (exact) mass is 427 g/mol. The van der Waals surface area contributed by atoms with Gasteiger partial charge < -0.3 is 15.2 Å². The maximum Gasteiger partial charge on any atom is 0.405 e. The topological polar surface area (TPSA) is 87.3 Å². The molecule has 6 nitrogen and oxygen atoms in total. The minimum atomic E-state index is -0.816. The molecule has 0 fully saturated rings. The summed E-state index contributed by atoms with van der Waals surface area (Å²) in [5.74, 6) is 0.935. The lowest BCUT2D eigenvalue weighted by Crippen LogP contribution is -2.41. The number of rotatable bonds is 7. The molecule has 158 valence electrons. The van der Waals surface area contributed by atoms with Crippen molar-refractivity contribution < 1.29 is 14.3 Å². The van der Waals surface area contributed by atoms with Crippen molar-refractivity contribution in [2.24, 2.45) is 11.7 Å². The molecule has 7 heteroatoms. The van der Waals surface area contributed by atoms with Crippen LogP contribution in [0.15, 0.2) is 42.7 Å². The zero-order valence-electron chi connectivity index (χ0n) is 17.6. The molecule has 0 aliphatic heterocycles. The molecule has 0 aliphatic rings. The summed E-state index contributed by atoms with van der Waals surface area (Å²) < 4.78 is 11.3. The summed E-state index contributed by atoms with van der Waals surface area (Å²) in [6, 6.07) is 9.47. The number of nitrogens with two attached hydrogens (primary N) is 1. The van der Waals surface area contributed by atoms with Crippen LogP contribution < -0.4 is 10.5 Å². The largest absolute Gasteiger partial charge is 0.488 e. The fourth-order valence-electron chi connectivity index (χ4n) is 3.65. The van der Waals surface area contributed by atoms with Crippen LogP contribution in [0.25, 0.3) is 22.2 Å². The van der Waals surface area contributed by atoms with Crippen molar-refractivity contribution in [2.45, 2.75) is 39.7 Å². The number of hydrogen-bond acceptors (Lipinski definition) is 5. The molecule has 0 saturated heterocycles. The van der Waals surface area contributed by atoms with Gasteiger partial charge in [-0.3, -0.25) is 9.97 Å². The van der Waals surface area contributed by atoms with Gasteiger partial charge in [0, 0.05) is 22.2 Å². The standard InChI is InChI=1S/C23H26ClN3O3/c1-14(2)11-23(4,30-22(25)28)13-29-21-12-27-20(9-15(21)3)17-7-8-26-19-6-5-16(24)10-18(17)19/h5-10,12,14H,11,13H2,1-4H3,(H2,25,28)/t23-/m0/s1. The number of carbonyl (C=O) groups excluding carboxylic acids is 1. The van der Waals surface area contributed by atoms with Crippen LogP contribution in [-0.4, -0.2) is 28.3 Å². The van der Waals surface area contributed by atoms with Gasteiger partial charge in [-0.05, 0) is 62.1 Å². The molecule has 0 aliphatic carbocycles. The average molecular weight is 428 g/mol. The smallest absolute Gasteiger partial charge is 0.405 e. The van der Waals surface area contributed by atoms with Crippen LogP contribution in [-0.2, 0) is 4.74 Å². The summed E-state index contributed by atoms with van der Waals surface area (Å²) >= 11 is 6.18. The first-order valence-electron chi connectivity index (χ1n) is 9.79. The number of nitrogens with zero attached hydrogens (tertiary/aromatic N) is 2. The van der Waals surface area contributed by atoms with Gasteiger partial charge in [0.05, 0.1) is 17.4 Å². The summed E-state index contributed by atoms with van der Waals surface area (Å²) in [7, 11) is 0. The minimum absolute atomic E-state index is 0.184. The number of halogens is 1. The van der Waals surface area contributed by atoms with Crippen molar-refractivity contribution in [1.82, 2.24) is 9.97 Å². The van der Waals surface area contributed by atoms with Crippen molar-refractivity contribution in [3.05, 3.63) is 53.3 Å². The van der Waals surface area contributed by atoms with E-state index in [2.05, 4.69) is 23.8 Å². The Hall–Kier alpha value is -2.86. The second-order valence-electron chi connectivity index (χ2n) is 8.11. The van der Waals surface area contributed by atoms with Crippen molar-refractivity contribution in [2.75, 3.05) is 6.61 Å². The Morgan fingerprint density at radius 2 is 2.00 bits per heavy atom. The van der Waals surface area contributed by atoms with E-state index in [0.717, 1.165) is 27.7 Å². The minimum Gasteiger partial charge on any atom is -0.488 e. The maximum absolute atomic E-state index is 11.3. The highest BCUT2D eigenvalue weighted by atomic mass is 35.5. The highest BCUT2D eigenvalue weighted by molar-refractivity contribution is 6.31. The van der Waals surface area contributed by atoms with Crippen LogP contribution in [0.2, 0.25) is 5.02 Å². The zero-order valence-corrected chi connectivity index (χ0v) is 18.4. The summed E-state index contributed by atoms with van der Waals surface area (Å²) in [5, 5.41) is 1.58. The van der Waals surface area contributed by atoms with E-state index in [-0.39, 0.29) is 6.61 Å². The number of ether oxygens (including phenoxy) is 2. The average Bonchev–Trinajstić information content (AvgIpc) is 2.65. The van der Waals surface area contributed by atoms with E-state index in [1.54, 1.807) is 12.4 Å². The Balaban J connectivity index is 1.86. The van der Waals surface area contributed by atoms with E-state index in [4.69, 9.17) is 26.8 Å². The normalized spacial score (nSPS) is 13.3. The van der Waals surface area contributed by atoms with Gasteiger partial charge in [-0.25, -0.2) is 4.79 Å². The third-order valence-corrected chi connectivity index (χ3v) is 5.00. The van der Waals surface area contributed by atoms with E-state index in [1.807, 2.05) is 44.2 Å². The first-order chi connectivity index (χ1) is 14.2. The summed E-state index contributed by atoms with van der Waals surface area (Å²) in [6.07, 6.45) is 3.26. The molecule has 1 aromatic carbocycles. The molecule has 1 amide bonds. The molecule has 2 N–H and O–H groups in total. The molecule has 0 bridgehead atoms. The summed E-state index contributed by atoms with van der Waals surface area (Å²) in [4.78, 5) is 20.3. The predicted octanol–water partition coefficient (Wildman–Crippen LogP) is 5.54. The van der Waals surface area contributed by atoms with Crippen LogP contribution >= 0.6 is 11.6 Å². The first-order valence-corrected chi connectivity index (χ1v) is 10.2. The van der Waals surface area contributed by atoms with Crippen LogP contribution in [0.5, 0.6) is 5.75 Å². The fourth-order valence-corrected chi connectivity index (χ4v) is 3.82.